The molecular formula is C23H21FN2. The van der Waals surface area contributed by atoms with E-state index in [0.717, 1.165) is 28.8 Å². The van der Waals surface area contributed by atoms with E-state index in [0.29, 0.717) is 5.56 Å². The van der Waals surface area contributed by atoms with Crippen LogP contribution in [0.1, 0.15) is 31.4 Å². The van der Waals surface area contributed by atoms with Crippen molar-refractivity contribution in [2.75, 3.05) is 0 Å². The summed E-state index contributed by atoms with van der Waals surface area (Å²) in [5.74, 6) is -0.192. The maximum absolute atomic E-state index is 13.7. The number of allylic oxidation sites excluding steroid dienone is 5. The summed E-state index contributed by atoms with van der Waals surface area (Å²) in [5.41, 5.74) is 8.45. The first-order valence-corrected chi connectivity index (χ1v) is 8.82. The van der Waals surface area contributed by atoms with E-state index >= 15 is 0 Å². The standard InChI is InChI=1S/C23H21FN2/c1-15-6-5-11-26-14-20(16(2)13-22(15)26)19-7-4-10-25-23(19)18-8-9-21(24)17(3)12-18/h4-5,7-14H,6H2,1-3H3. The maximum Gasteiger partial charge on any atom is 0.126 e. The number of aromatic nitrogens is 1. The van der Waals surface area contributed by atoms with Gasteiger partial charge in [-0.25, -0.2) is 4.39 Å². The van der Waals surface area contributed by atoms with Crippen LogP contribution in [0.2, 0.25) is 0 Å². The van der Waals surface area contributed by atoms with Crippen molar-refractivity contribution in [2.24, 2.45) is 0 Å². The number of hydrogen-bond acceptors (Lipinski definition) is 2. The second-order valence-corrected chi connectivity index (χ2v) is 6.90. The average Bonchev–Trinajstić information content (AvgIpc) is 2.64. The van der Waals surface area contributed by atoms with Gasteiger partial charge in [-0.15, -0.1) is 0 Å². The Kier molecular flexibility index (Phi) is 4.08. The molecule has 2 aliphatic rings. The highest BCUT2D eigenvalue weighted by molar-refractivity contribution is 5.87. The van der Waals surface area contributed by atoms with Crippen LogP contribution in [0, 0.1) is 12.7 Å². The van der Waals surface area contributed by atoms with Crippen molar-refractivity contribution in [3.05, 3.63) is 94.9 Å². The quantitative estimate of drug-likeness (QED) is 0.665. The van der Waals surface area contributed by atoms with Crippen molar-refractivity contribution in [1.82, 2.24) is 9.88 Å². The van der Waals surface area contributed by atoms with E-state index in [9.17, 15) is 4.39 Å². The molecule has 0 N–H and O–H groups in total. The van der Waals surface area contributed by atoms with Crippen molar-refractivity contribution in [2.45, 2.75) is 27.2 Å². The summed E-state index contributed by atoms with van der Waals surface area (Å²) >= 11 is 0. The molecule has 130 valence electrons. The molecule has 1 aromatic carbocycles. The van der Waals surface area contributed by atoms with Crippen LogP contribution in [0.3, 0.4) is 0 Å². The monoisotopic (exact) mass is 344 g/mol. The predicted octanol–water partition coefficient (Wildman–Crippen LogP) is 5.99. The summed E-state index contributed by atoms with van der Waals surface area (Å²) in [4.78, 5) is 6.78. The smallest absolute Gasteiger partial charge is 0.126 e. The van der Waals surface area contributed by atoms with E-state index in [2.05, 4.69) is 54.3 Å². The minimum atomic E-state index is -0.192. The molecule has 3 heterocycles. The SMILES string of the molecule is CC1=CC2=C(C)CC=CN2C=C1c1cccnc1-c1ccc(F)c(C)c1. The molecule has 3 heteroatoms. The van der Waals surface area contributed by atoms with Crippen molar-refractivity contribution >= 4 is 5.57 Å². The van der Waals surface area contributed by atoms with E-state index < -0.39 is 0 Å². The zero-order chi connectivity index (χ0) is 18.3. The number of benzene rings is 1. The van der Waals surface area contributed by atoms with Gasteiger partial charge < -0.3 is 4.90 Å². The summed E-state index contributed by atoms with van der Waals surface area (Å²) in [6, 6.07) is 9.21. The number of fused-ring (bicyclic) bond motifs is 1. The number of pyridine rings is 1. The molecule has 0 saturated carbocycles. The molecule has 2 nitrogen and oxygen atoms in total. The molecule has 0 radical (unpaired) electrons. The molecule has 0 aliphatic carbocycles. The third kappa shape index (κ3) is 2.80. The minimum absolute atomic E-state index is 0.192. The molecule has 2 aliphatic heterocycles. The number of hydrogen-bond donors (Lipinski definition) is 0. The van der Waals surface area contributed by atoms with E-state index in [4.69, 9.17) is 0 Å². The van der Waals surface area contributed by atoms with E-state index in [1.165, 1.54) is 22.9 Å². The van der Waals surface area contributed by atoms with Crippen molar-refractivity contribution in [3.63, 3.8) is 0 Å². The highest BCUT2D eigenvalue weighted by Crippen LogP contribution is 2.37. The van der Waals surface area contributed by atoms with E-state index in [1.807, 2.05) is 12.1 Å². The minimum Gasteiger partial charge on any atom is -0.324 e. The van der Waals surface area contributed by atoms with Crippen LogP contribution in [0.4, 0.5) is 4.39 Å². The van der Waals surface area contributed by atoms with Gasteiger partial charge in [0.2, 0.25) is 0 Å². The Bertz CT molecular complexity index is 1010. The third-order valence-corrected chi connectivity index (χ3v) is 4.98. The lowest BCUT2D eigenvalue weighted by molar-refractivity contribution is 0.617. The van der Waals surface area contributed by atoms with Crippen molar-refractivity contribution in [3.8, 4) is 11.3 Å². The van der Waals surface area contributed by atoms with Gasteiger partial charge >= 0.3 is 0 Å². The zero-order valence-electron chi connectivity index (χ0n) is 15.3. The molecule has 0 unspecified atom stereocenters. The van der Waals surface area contributed by atoms with Crippen molar-refractivity contribution in [1.29, 1.82) is 0 Å². The van der Waals surface area contributed by atoms with Gasteiger partial charge in [0.1, 0.15) is 5.82 Å². The summed E-state index contributed by atoms with van der Waals surface area (Å²) in [6.45, 7) is 6.09. The highest BCUT2D eigenvalue weighted by atomic mass is 19.1. The fourth-order valence-electron chi connectivity index (χ4n) is 3.51. The van der Waals surface area contributed by atoms with Gasteiger partial charge in [-0.1, -0.05) is 12.1 Å². The van der Waals surface area contributed by atoms with Crippen LogP contribution >= 0.6 is 0 Å². The van der Waals surface area contributed by atoms with Gasteiger partial charge in [0.15, 0.2) is 0 Å². The molecular weight excluding hydrogens is 323 g/mol. The normalized spacial score (nSPS) is 16.4. The Hall–Kier alpha value is -2.94. The largest absolute Gasteiger partial charge is 0.324 e. The maximum atomic E-state index is 13.7. The molecule has 26 heavy (non-hydrogen) atoms. The molecule has 2 aromatic rings. The van der Waals surface area contributed by atoms with Crippen LogP contribution in [0.25, 0.3) is 16.8 Å². The van der Waals surface area contributed by atoms with Crippen LogP contribution in [0.15, 0.2) is 77.9 Å². The van der Waals surface area contributed by atoms with Gasteiger partial charge in [0.05, 0.1) is 5.69 Å². The Labute approximate surface area is 153 Å². The van der Waals surface area contributed by atoms with Gasteiger partial charge in [-0.05, 0) is 74.2 Å². The van der Waals surface area contributed by atoms with Crippen molar-refractivity contribution < 1.29 is 4.39 Å². The Morgan fingerprint density at radius 3 is 2.77 bits per heavy atom. The number of aryl methyl sites for hydroxylation is 1. The van der Waals surface area contributed by atoms with Crippen LogP contribution in [-0.2, 0) is 0 Å². The van der Waals surface area contributed by atoms with Crippen LogP contribution in [0.5, 0.6) is 0 Å². The Balaban J connectivity index is 1.85. The first kappa shape index (κ1) is 16.5. The second kappa shape index (κ2) is 6.41. The first-order valence-electron chi connectivity index (χ1n) is 8.82. The third-order valence-electron chi connectivity index (χ3n) is 4.98. The van der Waals surface area contributed by atoms with E-state index in [-0.39, 0.29) is 5.82 Å². The lowest BCUT2D eigenvalue weighted by Gasteiger charge is -2.30. The topological polar surface area (TPSA) is 16.1 Å². The highest BCUT2D eigenvalue weighted by Gasteiger charge is 2.20. The van der Waals surface area contributed by atoms with Crippen LogP contribution in [-0.4, -0.2) is 9.88 Å². The molecule has 0 bridgehead atoms. The summed E-state index contributed by atoms with van der Waals surface area (Å²) in [5, 5.41) is 0. The first-order chi connectivity index (χ1) is 12.5. The molecule has 0 atom stereocenters. The summed E-state index contributed by atoms with van der Waals surface area (Å²) in [6.07, 6.45) is 11.5. The Morgan fingerprint density at radius 1 is 1.12 bits per heavy atom. The van der Waals surface area contributed by atoms with Gasteiger partial charge in [0, 0.05) is 41.0 Å². The molecule has 1 aromatic heterocycles. The number of nitrogens with zero attached hydrogens (tertiary/aromatic N) is 2. The molecule has 4 rings (SSSR count). The lowest BCUT2D eigenvalue weighted by atomic mass is 9.91. The van der Waals surface area contributed by atoms with Crippen LogP contribution < -0.4 is 0 Å². The summed E-state index contributed by atoms with van der Waals surface area (Å²) < 4.78 is 13.7. The second-order valence-electron chi connectivity index (χ2n) is 6.90. The average molecular weight is 344 g/mol. The van der Waals surface area contributed by atoms with E-state index in [1.54, 1.807) is 19.2 Å². The number of rotatable bonds is 2. The number of halogens is 1. The van der Waals surface area contributed by atoms with Gasteiger partial charge in [0.25, 0.3) is 0 Å². The molecule has 0 saturated heterocycles. The Morgan fingerprint density at radius 2 is 1.96 bits per heavy atom. The molecule has 0 spiro atoms. The molecule has 0 fully saturated rings. The summed E-state index contributed by atoms with van der Waals surface area (Å²) in [7, 11) is 0. The fraction of sp³-hybridized carbons (Fsp3) is 0.174. The molecule has 0 amide bonds. The predicted molar refractivity (Wildman–Crippen MR) is 104 cm³/mol. The zero-order valence-corrected chi connectivity index (χ0v) is 15.3. The van der Waals surface area contributed by atoms with Gasteiger partial charge in [-0.3, -0.25) is 4.98 Å². The fourth-order valence-corrected chi connectivity index (χ4v) is 3.51. The lowest BCUT2D eigenvalue weighted by Crippen LogP contribution is -2.17. The van der Waals surface area contributed by atoms with Gasteiger partial charge in [-0.2, -0.15) is 0 Å².